The maximum Gasteiger partial charge on any atom is 0.307 e. The highest BCUT2D eigenvalue weighted by molar-refractivity contribution is 7.87. The summed E-state index contributed by atoms with van der Waals surface area (Å²) < 4.78 is 42.8. The summed E-state index contributed by atoms with van der Waals surface area (Å²) in [7, 11) is -4.05. The molecule has 9 nitrogen and oxygen atoms in total. The van der Waals surface area contributed by atoms with Crippen LogP contribution in [-0.2, 0) is 19.7 Å². The number of carbonyl (C=O) groups is 1. The van der Waals surface area contributed by atoms with E-state index < -0.39 is 22.2 Å². The van der Waals surface area contributed by atoms with Crippen LogP contribution in [0.15, 0.2) is 84.2 Å². The molecule has 3 rings (SSSR count). The predicted molar refractivity (Wildman–Crippen MR) is 143 cm³/mol. The molecule has 0 saturated carbocycles. The van der Waals surface area contributed by atoms with E-state index in [9.17, 15) is 13.2 Å². The smallest absolute Gasteiger partial charge is 0.307 e. The summed E-state index contributed by atoms with van der Waals surface area (Å²) in [5.74, 6) is 1.34. The first kappa shape index (κ1) is 28.7. The number of allylic oxidation sites excluding steroid dienone is 2. The molecular weight excluding hydrogens is 506 g/mol. The molecule has 2 atom stereocenters. The second-order valence-corrected chi connectivity index (χ2v) is 9.79. The van der Waals surface area contributed by atoms with Crippen LogP contribution in [0.4, 0.5) is 0 Å². The predicted octanol–water partition coefficient (Wildman–Crippen LogP) is 4.35. The van der Waals surface area contributed by atoms with Crippen LogP contribution in [0, 0.1) is 11.3 Å². The van der Waals surface area contributed by atoms with Crippen molar-refractivity contribution in [3.8, 4) is 17.6 Å². The van der Waals surface area contributed by atoms with E-state index in [2.05, 4.69) is 17.4 Å². The average Bonchev–Trinajstić information content (AvgIpc) is 3.29. The van der Waals surface area contributed by atoms with Gasteiger partial charge in [-0.1, -0.05) is 24.8 Å². The van der Waals surface area contributed by atoms with Crippen LogP contribution in [0.3, 0.4) is 0 Å². The molecule has 2 unspecified atom stereocenters. The second kappa shape index (κ2) is 13.1. The summed E-state index contributed by atoms with van der Waals surface area (Å²) in [5, 5.41) is 14.1. The number of nitrogens with zero attached hydrogens (tertiary/aromatic N) is 1. The first-order valence-electron chi connectivity index (χ1n) is 12.1. The number of hydrogen-bond acceptors (Lipinski definition) is 7. The number of rotatable bonds is 12. The molecule has 200 valence electrons. The van der Waals surface area contributed by atoms with E-state index in [0.717, 1.165) is 17.6 Å². The van der Waals surface area contributed by atoms with Crippen molar-refractivity contribution in [2.45, 2.75) is 45.3 Å². The fourth-order valence-electron chi connectivity index (χ4n) is 4.19. The summed E-state index contributed by atoms with van der Waals surface area (Å²) in [6.07, 6.45) is 4.62. The molecule has 1 aliphatic carbocycles. The van der Waals surface area contributed by atoms with Crippen molar-refractivity contribution in [2.75, 3.05) is 6.61 Å². The van der Waals surface area contributed by atoms with Gasteiger partial charge in [-0.3, -0.25) is 4.79 Å². The largest absolute Gasteiger partial charge is 0.486 e. The van der Waals surface area contributed by atoms with Crippen molar-refractivity contribution in [3.05, 3.63) is 95.3 Å². The standard InChI is InChI=1S/C28H31N3O6S/c1-4-23-24(26(5-2)36-21-11-7-19(18-29)8-12-21)15-16-27(23)37-22-13-9-20(10-14-22)25(31-38(30,33)34)17-28(32)35-6-3/h4-5,7-14,25,27,31H,1,6,15-17H2,2-3H3,(H2,30,33,34)/b26-5+. The Morgan fingerprint density at radius 1 is 1.21 bits per heavy atom. The first-order valence-corrected chi connectivity index (χ1v) is 13.6. The summed E-state index contributed by atoms with van der Waals surface area (Å²) in [6, 6.07) is 14.9. The summed E-state index contributed by atoms with van der Waals surface area (Å²) in [6.45, 7) is 7.71. The maximum absolute atomic E-state index is 12.0. The molecule has 0 aliphatic heterocycles. The van der Waals surface area contributed by atoms with Crippen LogP contribution in [0.25, 0.3) is 0 Å². The third-order valence-corrected chi connectivity index (χ3v) is 6.50. The van der Waals surface area contributed by atoms with Gasteiger partial charge >= 0.3 is 5.97 Å². The molecular formula is C28H31N3O6S. The zero-order valence-electron chi connectivity index (χ0n) is 21.3. The molecule has 0 spiro atoms. The van der Waals surface area contributed by atoms with Gasteiger partial charge in [0.1, 0.15) is 23.4 Å². The van der Waals surface area contributed by atoms with Gasteiger partial charge in [0.15, 0.2) is 0 Å². The van der Waals surface area contributed by atoms with Crippen molar-refractivity contribution in [3.63, 3.8) is 0 Å². The second-order valence-electron chi connectivity index (χ2n) is 8.47. The fourth-order valence-corrected chi connectivity index (χ4v) is 4.80. The van der Waals surface area contributed by atoms with Gasteiger partial charge in [-0.25, -0.2) is 5.14 Å². The molecule has 2 aromatic rings. The number of nitrogens with one attached hydrogen (secondary N) is 1. The third kappa shape index (κ3) is 7.79. The fraction of sp³-hybridized carbons (Fsp3) is 0.286. The van der Waals surface area contributed by atoms with Gasteiger partial charge in [0.25, 0.3) is 10.2 Å². The molecule has 10 heteroatoms. The molecule has 0 aromatic heterocycles. The van der Waals surface area contributed by atoms with Gasteiger partial charge in [-0.05, 0) is 80.3 Å². The monoisotopic (exact) mass is 537 g/mol. The normalized spacial score (nSPS) is 16.5. The Kier molecular flexibility index (Phi) is 9.85. The Balaban J connectivity index is 1.75. The lowest BCUT2D eigenvalue weighted by Crippen LogP contribution is -2.35. The van der Waals surface area contributed by atoms with Crippen LogP contribution >= 0.6 is 0 Å². The molecule has 0 bridgehead atoms. The SMILES string of the molecule is C=CC1=C(/C(=C\C)Oc2ccc(C#N)cc2)CCC1Oc1ccc(C(CC(=O)OCC)NS(N)(=O)=O)cc1. The third-order valence-electron chi connectivity index (χ3n) is 5.89. The number of benzene rings is 2. The zero-order valence-corrected chi connectivity index (χ0v) is 22.2. The average molecular weight is 538 g/mol. The van der Waals surface area contributed by atoms with E-state index in [4.69, 9.17) is 24.6 Å². The topological polar surface area (TPSA) is 141 Å². The molecule has 0 amide bonds. The van der Waals surface area contributed by atoms with Crippen molar-refractivity contribution in [1.29, 1.82) is 5.26 Å². The minimum Gasteiger partial charge on any atom is -0.486 e. The van der Waals surface area contributed by atoms with E-state index in [-0.39, 0.29) is 19.1 Å². The quantitative estimate of drug-likeness (QED) is 0.303. The summed E-state index contributed by atoms with van der Waals surface area (Å²) >= 11 is 0. The van der Waals surface area contributed by atoms with E-state index in [1.165, 1.54) is 0 Å². The van der Waals surface area contributed by atoms with E-state index in [1.54, 1.807) is 61.5 Å². The molecule has 0 heterocycles. The Labute approximate surface area is 223 Å². The lowest BCUT2D eigenvalue weighted by molar-refractivity contribution is -0.143. The maximum atomic E-state index is 12.0. The van der Waals surface area contributed by atoms with E-state index >= 15 is 0 Å². The highest BCUT2D eigenvalue weighted by Crippen LogP contribution is 2.36. The molecule has 1 aliphatic rings. The van der Waals surface area contributed by atoms with Crippen LogP contribution < -0.4 is 19.3 Å². The minimum absolute atomic E-state index is 0.184. The molecule has 0 radical (unpaired) electrons. The van der Waals surface area contributed by atoms with Crippen LogP contribution in [0.5, 0.6) is 11.5 Å². The highest BCUT2D eigenvalue weighted by Gasteiger charge is 2.28. The van der Waals surface area contributed by atoms with E-state index in [0.29, 0.717) is 34.8 Å². The van der Waals surface area contributed by atoms with Crippen LogP contribution in [-0.4, -0.2) is 27.1 Å². The highest BCUT2D eigenvalue weighted by atomic mass is 32.2. The molecule has 0 fully saturated rings. The van der Waals surface area contributed by atoms with Crippen molar-refractivity contribution >= 4 is 16.2 Å². The zero-order chi connectivity index (χ0) is 27.7. The first-order chi connectivity index (χ1) is 18.2. The van der Waals surface area contributed by atoms with E-state index in [1.807, 2.05) is 13.0 Å². The van der Waals surface area contributed by atoms with Gasteiger partial charge < -0.3 is 14.2 Å². The van der Waals surface area contributed by atoms with Crippen molar-refractivity contribution < 1.29 is 27.4 Å². The van der Waals surface area contributed by atoms with Gasteiger partial charge in [0.05, 0.1) is 30.7 Å². The van der Waals surface area contributed by atoms with Crippen LogP contribution in [0.1, 0.15) is 50.3 Å². The number of hydrogen-bond donors (Lipinski definition) is 2. The summed E-state index contributed by atoms with van der Waals surface area (Å²) in [5.41, 5.74) is 2.99. The minimum atomic E-state index is -4.05. The van der Waals surface area contributed by atoms with Crippen LogP contribution in [0.2, 0.25) is 0 Å². The van der Waals surface area contributed by atoms with Gasteiger partial charge in [-0.15, -0.1) is 0 Å². The van der Waals surface area contributed by atoms with Crippen molar-refractivity contribution in [2.24, 2.45) is 5.14 Å². The van der Waals surface area contributed by atoms with Gasteiger partial charge in [-0.2, -0.15) is 18.4 Å². The number of nitrogens with two attached hydrogens (primary N) is 1. The lowest BCUT2D eigenvalue weighted by Gasteiger charge is -2.19. The number of ether oxygens (including phenoxy) is 3. The Morgan fingerprint density at radius 3 is 2.42 bits per heavy atom. The Bertz CT molecular complexity index is 1360. The Morgan fingerprint density at radius 2 is 1.87 bits per heavy atom. The summed E-state index contributed by atoms with van der Waals surface area (Å²) in [4.78, 5) is 12.0. The van der Waals surface area contributed by atoms with Gasteiger partial charge in [0, 0.05) is 5.57 Å². The Hall–Kier alpha value is -3.91. The lowest BCUT2D eigenvalue weighted by atomic mass is 10.0. The molecule has 0 saturated heterocycles. The number of esters is 1. The molecule has 2 aromatic carbocycles. The number of nitriles is 1. The molecule has 3 N–H and O–H groups in total. The van der Waals surface area contributed by atoms with Gasteiger partial charge in [0.2, 0.25) is 0 Å². The number of carbonyl (C=O) groups excluding carboxylic acids is 1. The van der Waals surface area contributed by atoms with Crippen molar-refractivity contribution in [1.82, 2.24) is 4.72 Å². The molecule has 38 heavy (non-hydrogen) atoms.